The van der Waals surface area contributed by atoms with Gasteiger partial charge in [0.2, 0.25) is 12.1 Å². The number of halogens is 3. The van der Waals surface area contributed by atoms with Crippen LogP contribution in [-0.2, 0) is 6.18 Å². The normalized spacial score (nSPS) is 11.6. The molecule has 1 aromatic carbocycles. The van der Waals surface area contributed by atoms with Crippen LogP contribution in [0.2, 0.25) is 0 Å². The lowest BCUT2D eigenvalue weighted by atomic mass is 10.2. The van der Waals surface area contributed by atoms with Crippen LogP contribution in [0.1, 0.15) is 11.1 Å². The first-order valence-corrected chi connectivity index (χ1v) is 5.97. The Bertz CT molecular complexity index is 680. The SMILES string of the molecule is O=[N+]([O-])/C=C/c1ccc(Oc2ccc(C(F)(F)F)cn2)cc1. The van der Waals surface area contributed by atoms with Crippen molar-refractivity contribution < 1.29 is 22.8 Å². The number of pyridine rings is 1. The quantitative estimate of drug-likeness (QED) is 0.629. The molecule has 0 spiro atoms. The molecule has 0 bridgehead atoms. The third-order valence-electron chi connectivity index (χ3n) is 2.55. The summed E-state index contributed by atoms with van der Waals surface area (Å²) in [6, 6.07) is 8.18. The smallest absolute Gasteiger partial charge is 0.417 e. The van der Waals surface area contributed by atoms with E-state index in [-0.39, 0.29) is 5.88 Å². The van der Waals surface area contributed by atoms with Gasteiger partial charge in [-0.3, -0.25) is 10.1 Å². The van der Waals surface area contributed by atoms with Crippen molar-refractivity contribution >= 4 is 6.08 Å². The predicted molar refractivity (Wildman–Crippen MR) is 71.8 cm³/mol. The summed E-state index contributed by atoms with van der Waals surface area (Å²) in [7, 11) is 0. The molecule has 0 aliphatic rings. The lowest BCUT2D eigenvalue weighted by Gasteiger charge is -2.08. The lowest BCUT2D eigenvalue weighted by Crippen LogP contribution is -2.05. The number of benzene rings is 1. The molecule has 1 aromatic heterocycles. The van der Waals surface area contributed by atoms with Crippen LogP contribution in [0.25, 0.3) is 6.08 Å². The molecule has 2 rings (SSSR count). The molecule has 5 nitrogen and oxygen atoms in total. The van der Waals surface area contributed by atoms with Gasteiger partial charge in [-0.15, -0.1) is 0 Å². The van der Waals surface area contributed by atoms with E-state index in [9.17, 15) is 23.3 Å². The van der Waals surface area contributed by atoms with Crippen molar-refractivity contribution in [1.29, 1.82) is 0 Å². The minimum Gasteiger partial charge on any atom is -0.439 e. The maximum atomic E-state index is 12.4. The average molecular weight is 310 g/mol. The van der Waals surface area contributed by atoms with Crippen LogP contribution in [0.4, 0.5) is 13.2 Å². The van der Waals surface area contributed by atoms with Gasteiger partial charge in [0, 0.05) is 18.3 Å². The molecule has 0 unspecified atom stereocenters. The van der Waals surface area contributed by atoms with Gasteiger partial charge in [-0.1, -0.05) is 12.1 Å². The summed E-state index contributed by atoms with van der Waals surface area (Å²) in [5.41, 5.74) is -0.274. The van der Waals surface area contributed by atoms with E-state index in [2.05, 4.69) is 4.98 Å². The summed E-state index contributed by atoms with van der Waals surface area (Å²) in [4.78, 5) is 13.2. The van der Waals surface area contributed by atoms with Gasteiger partial charge < -0.3 is 4.74 Å². The third-order valence-corrected chi connectivity index (χ3v) is 2.55. The molecule has 0 aliphatic carbocycles. The maximum Gasteiger partial charge on any atom is 0.417 e. The number of ether oxygens (including phenoxy) is 1. The second-order valence-corrected chi connectivity index (χ2v) is 4.16. The van der Waals surface area contributed by atoms with Crippen molar-refractivity contribution in [3.8, 4) is 11.6 Å². The summed E-state index contributed by atoms with van der Waals surface area (Å²) in [5.74, 6) is 0.368. The van der Waals surface area contributed by atoms with Gasteiger partial charge in [0.25, 0.3) is 0 Å². The lowest BCUT2D eigenvalue weighted by molar-refractivity contribution is -0.400. The molecule has 0 saturated heterocycles. The van der Waals surface area contributed by atoms with Crippen LogP contribution >= 0.6 is 0 Å². The first kappa shape index (κ1) is 15.5. The fourth-order valence-corrected chi connectivity index (χ4v) is 1.52. The summed E-state index contributed by atoms with van der Waals surface area (Å²) in [6.07, 6.45) is -1.66. The topological polar surface area (TPSA) is 65.3 Å². The Balaban J connectivity index is 2.06. The van der Waals surface area contributed by atoms with Gasteiger partial charge in [-0.2, -0.15) is 13.2 Å². The number of nitro groups is 1. The number of aromatic nitrogens is 1. The van der Waals surface area contributed by atoms with E-state index in [4.69, 9.17) is 4.74 Å². The van der Waals surface area contributed by atoms with Crippen molar-refractivity contribution in [2.75, 3.05) is 0 Å². The van der Waals surface area contributed by atoms with Crippen LogP contribution in [0, 0.1) is 10.1 Å². The monoisotopic (exact) mass is 310 g/mol. The second-order valence-electron chi connectivity index (χ2n) is 4.16. The van der Waals surface area contributed by atoms with Gasteiger partial charge in [0.15, 0.2) is 0 Å². The second kappa shape index (κ2) is 6.25. The number of alkyl halides is 3. The van der Waals surface area contributed by atoms with Gasteiger partial charge in [-0.25, -0.2) is 4.98 Å². The van der Waals surface area contributed by atoms with Crippen LogP contribution in [0.15, 0.2) is 48.8 Å². The van der Waals surface area contributed by atoms with Crippen LogP contribution in [0.3, 0.4) is 0 Å². The molecule has 2 aromatic rings. The minimum absolute atomic E-state index is 0.0154. The van der Waals surface area contributed by atoms with E-state index in [0.717, 1.165) is 18.3 Å². The van der Waals surface area contributed by atoms with E-state index in [0.29, 0.717) is 17.5 Å². The van der Waals surface area contributed by atoms with Crippen molar-refractivity contribution in [3.05, 3.63) is 70.0 Å². The molecule has 0 radical (unpaired) electrons. The summed E-state index contributed by atoms with van der Waals surface area (Å²) in [6.45, 7) is 0. The zero-order valence-electron chi connectivity index (χ0n) is 10.9. The van der Waals surface area contributed by atoms with Gasteiger partial charge >= 0.3 is 6.18 Å². The highest BCUT2D eigenvalue weighted by Crippen LogP contribution is 2.30. The van der Waals surface area contributed by atoms with Crippen LogP contribution in [-0.4, -0.2) is 9.91 Å². The Morgan fingerprint density at radius 1 is 1.14 bits per heavy atom. The molecule has 0 fully saturated rings. The largest absolute Gasteiger partial charge is 0.439 e. The first-order valence-electron chi connectivity index (χ1n) is 5.97. The standard InChI is InChI=1S/C14H9F3N2O3/c15-14(16,17)11-3-6-13(18-9-11)22-12-4-1-10(2-5-12)7-8-19(20)21/h1-9H/b8-7+. The Kier molecular flexibility index (Phi) is 4.40. The van der Waals surface area contributed by atoms with Crippen LogP contribution < -0.4 is 4.74 Å². The molecule has 8 heteroatoms. The molecule has 0 aliphatic heterocycles. The zero-order chi connectivity index (χ0) is 16.2. The third kappa shape index (κ3) is 4.30. The Morgan fingerprint density at radius 3 is 2.32 bits per heavy atom. The van der Waals surface area contributed by atoms with Gasteiger partial charge in [0.1, 0.15) is 5.75 Å². The molecule has 0 saturated carbocycles. The van der Waals surface area contributed by atoms with E-state index >= 15 is 0 Å². The molecule has 0 atom stereocenters. The maximum absolute atomic E-state index is 12.4. The molecular formula is C14H9F3N2O3. The Morgan fingerprint density at radius 2 is 1.82 bits per heavy atom. The predicted octanol–water partition coefficient (Wildman–Crippen LogP) is 4.14. The minimum atomic E-state index is -4.45. The van der Waals surface area contributed by atoms with Crippen molar-refractivity contribution in [3.63, 3.8) is 0 Å². The first-order chi connectivity index (χ1) is 10.3. The van der Waals surface area contributed by atoms with Crippen LogP contribution in [0.5, 0.6) is 11.6 Å². The summed E-state index contributed by atoms with van der Waals surface area (Å²) >= 11 is 0. The fraction of sp³-hybridized carbons (Fsp3) is 0.0714. The molecule has 22 heavy (non-hydrogen) atoms. The molecule has 114 valence electrons. The van der Waals surface area contributed by atoms with Crippen molar-refractivity contribution in [2.24, 2.45) is 0 Å². The van der Waals surface area contributed by atoms with E-state index in [1.54, 1.807) is 12.1 Å². The summed E-state index contributed by atoms with van der Waals surface area (Å²) < 4.78 is 42.4. The molecule has 0 N–H and O–H groups in total. The average Bonchev–Trinajstić information content (AvgIpc) is 2.46. The van der Waals surface area contributed by atoms with E-state index in [1.165, 1.54) is 18.2 Å². The molecule has 1 heterocycles. The fourth-order valence-electron chi connectivity index (χ4n) is 1.52. The summed E-state index contributed by atoms with van der Waals surface area (Å²) in [5, 5.41) is 10.2. The van der Waals surface area contributed by atoms with E-state index < -0.39 is 16.7 Å². The number of rotatable bonds is 4. The number of hydrogen-bond acceptors (Lipinski definition) is 4. The highest BCUT2D eigenvalue weighted by Gasteiger charge is 2.30. The van der Waals surface area contributed by atoms with Gasteiger partial charge in [0.05, 0.1) is 10.5 Å². The molecule has 0 amide bonds. The van der Waals surface area contributed by atoms with Gasteiger partial charge in [-0.05, 0) is 23.8 Å². The molecular weight excluding hydrogens is 301 g/mol. The highest BCUT2D eigenvalue weighted by atomic mass is 19.4. The number of nitrogens with zero attached hydrogens (tertiary/aromatic N) is 2. The Labute approximate surface area is 122 Å². The highest BCUT2D eigenvalue weighted by molar-refractivity contribution is 5.49. The van der Waals surface area contributed by atoms with E-state index in [1.807, 2.05) is 0 Å². The van der Waals surface area contributed by atoms with Crippen molar-refractivity contribution in [2.45, 2.75) is 6.18 Å². The Hall–Kier alpha value is -2.90. The number of hydrogen-bond donors (Lipinski definition) is 0. The van der Waals surface area contributed by atoms with Crippen molar-refractivity contribution in [1.82, 2.24) is 4.98 Å². The zero-order valence-corrected chi connectivity index (χ0v) is 10.9.